The van der Waals surface area contributed by atoms with Gasteiger partial charge in [-0.25, -0.2) is 10.1 Å². The number of benzene rings is 1. The van der Waals surface area contributed by atoms with Crippen LogP contribution in [0.25, 0.3) is 20.4 Å². The van der Waals surface area contributed by atoms with E-state index in [2.05, 4.69) is 21.5 Å². The summed E-state index contributed by atoms with van der Waals surface area (Å²) in [6.07, 6.45) is 0.709. The minimum atomic E-state index is -0.237. The third kappa shape index (κ3) is 2.47. The maximum atomic E-state index is 12.0. The van der Waals surface area contributed by atoms with Crippen LogP contribution in [0.3, 0.4) is 0 Å². The maximum Gasteiger partial charge on any atom is 0.285 e. The van der Waals surface area contributed by atoms with Crippen molar-refractivity contribution in [2.75, 3.05) is 0 Å². The predicted molar refractivity (Wildman–Crippen MR) is 96.8 cm³/mol. The molecule has 0 bridgehead atoms. The molecule has 0 saturated carbocycles. The highest BCUT2D eigenvalue weighted by molar-refractivity contribution is 7.25. The van der Waals surface area contributed by atoms with Crippen LogP contribution in [-0.2, 0) is 6.42 Å². The molecule has 0 unspecified atom stereocenters. The van der Waals surface area contributed by atoms with Crippen LogP contribution in [0.1, 0.15) is 27.9 Å². The van der Waals surface area contributed by atoms with Crippen LogP contribution in [0.5, 0.6) is 0 Å². The van der Waals surface area contributed by atoms with E-state index in [1.807, 2.05) is 38.1 Å². The van der Waals surface area contributed by atoms with Crippen molar-refractivity contribution in [2.45, 2.75) is 20.3 Å². The summed E-state index contributed by atoms with van der Waals surface area (Å²) in [5, 5.41) is 20.0. The van der Waals surface area contributed by atoms with Crippen molar-refractivity contribution in [3.63, 3.8) is 0 Å². The Kier molecular flexibility index (Phi) is 3.55. The number of rotatable bonds is 2. The van der Waals surface area contributed by atoms with Crippen LogP contribution in [0.4, 0.5) is 0 Å². The van der Waals surface area contributed by atoms with E-state index in [-0.39, 0.29) is 5.56 Å². The minimum Gasteiger partial charge on any atom is -0.266 e. The summed E-state index contributed by atoms with van der Waals surface area (Å²) >= 11 is 1.34. The van der Waals surface area contributed by atoms with Gasteiger partial charge >= 0.3 is 0 Å². The first-order chi connectivity index (χ1) is 12.1. The van der Waals surface area contributed by atoms with E-state index in [4.69, 9.17) is 10.2 Å². The number of hydrogen-bond acceptors (Lipinski definition) is 6. The van der Waals surface area contributed by atoms with Gasteiger partial charge in [0, 0.05) is 11.1 Å². The van der Waals surface area contributed by atoms with Gasteiger partial charge in [-0.15, -0.1) is 16.4 Å². The van der Waals surface area contributed by atoms with E-state index in [0.29, 0.717) is 22.2 Å². The van der Waals surface area contributed by atoms with Crippen LogP contribution in [0.15, 0.2) is 29.1 Å². The molecule has 3 aromatic heterocycles. The van der Waals surface area contributed by atoms with Gasteiger partial charge in [0.2, 0.25) is 0 Å². The second-order valence-corrected chi connectivity index (χ2v) is 6.89. The zero-order valence-electron chi connectivity index (χ0n) is 13.6. The Morgan fingerprint density at radius 2 is 2.00 bits per heavy atom. The molecule has 1 N–H and O–H groups in total. The molecule has 7 heteroatoms. The second kappa shape index (κ2) is 5.76. The molecule has 25 heavy (non-hydrogen) atoms. The van der Waals surface area contributed by atoms with Crippen molar-refractivity contribution in [2.24, 2.45) is 0 Å². The average Bonchev–Trinajstić information content (AvgIpc) is 2.99. The summed E-state index contributed by atoms with van der Waals surface area (Å²) in [6, 6.07) is 9.67. The number of aromatic amines is 1. The minimum absolute atomic E-state index is 0.237. The van der Waals surface area contributed by atoms with Crippen LogP contribution < -0.4 is 5.56 Å². The molecule has 6 nitrogen and oxygen atoms in total. The monoisotopic (exact) mass is 347 g/mol. The molecule has 3 heterocycles. The molecule has 0 radical (unpaired) electrons. The van der Waals surface area contributed by atoms with E-state index in [0.717, 1.165) is 32.6 Å². The number of hydrogen-bond donors (Lipinski definition) is 1. The highest BCUT2D eigenvalue weighted by atomic mass is 32.1. The third-order valence-corrected chi connectivity index (χ3v) is 5.44. The normalized spacial score (nSPS) is 11.1. The number of aromatic nitrogens is 4. The van der Waals surface area contributed by atoms with E-state index >= 15 is 0 Å². The van der Waals surface area contributed by atoms with Crippen molar-refractivity contribution >= 4 is 31.8 Å². The lowest BCUT2D eigenvalue weighted by molar-refractivity contribution is 0.876. The number of thiophene rings is 1. The summed E-state index contributed by atoms with van der Waals surface area (Å²) in [5.74, 6) is 0. The van der Waals surface area contributed by atoms with Gasteiger partial charge in [-0.05, 0) is 49.1 Å². The zero-order chi connectivity index (χ0) is 17.6. The van der Waals surface area contributed by atoms with Gasteiger partial charge in [-0.2, -0.15) is 5.26 Å². The van der Waals surface area contributed by atoms with Crippen molar-refractivity contribution in [3.05, 3.63) is 62.6 Å². The molecule has 0 atom stereocenters. The van der Waals surface area contributed by atoms with Crippen LogP contribution >= 0.6 is 11.3 Å². The van der Waals surface area contributed by atoms with Crippen molar-refractivity contribution in [1.82, 2.24) is 20.4 Å². The van der Waals surface area contributed by atoms with Crippen LogP contribution in [0.2, 0.25) is 0 Å². The summed E-state index contributed by atoms with van der Waals surface area (Å²) < 4.78 is 0.551. The molecule has 0 spiro atoms. The first-order valence-corrected chi connectivity index (χ1v) is 8.53. The van der Waals surface area contributed by atoms with E-state index in [9.17, 15) is 4.79 Å². The molecule has 0 fully saturated rings. The Bertz CT molecular complexity index is 1210. The number of nitrogens with zero attached hydrogens (tertiary/aromatic N) is 4. The summed E-state index contributed by atoms with van der Waals surface area (Å²) in [5.41, 5.74) is 5.23. The maximum absolute atomic E-state index is 12.0. The summed E-state index contributed by atoms with van der Waals surface area (Å²) in [7, 11) is 0. The Hall–Kier alpha value is -3.11. The lowest BCUT2D eigenvalue weighted by Crippen LogP contribution is -2.07. The van der Waals surface area contributed by atoms with Gasteiger partial charge in [0.1, 0.15) is 15.0 Å². The first-order valence-electron chi connectivity index (χ1n) is 7.71. The molecule has 1 aromatic carbocycles. The molecule has 0 saturated heterocycles. The van der Waals surface area contributed by atoms with E-state index < -0.39 is 0 Å². The number of pyridine rings is 1. The number of fused-ring (bicyclic) bond motifs is 3. The molecular weight excluding hydrogens is 334 g/mol. The Balaban J connectivity index is 1.91. The van der Waals surface area contributed by atoms with Crippen molar-refractivity contribution < 1.29 is 0 Å². The van der Waals surface area contributed by atoms with Gasteiger partial charge in [-0.3, -0.25) is 4.79 Å². The Labute approximate surface area is 146 Å². The number of nitriles is 1. The summed E-state index contributed by atoms with van der Waals surface area (Å²) in [4.78, 5) is 17.5. The lowest BCUT2D eigenvalue weighted by Gasteiger charge is -2.11. The SMILES string of the molecule is Cc1nc2sc3c(=O)[nH]nnc3c2c(C)c1Cc1ccc(C#N)cc1. The van der Waals surface area contributed by atoms with Gasteiger partial charge < -0.3 is 0 Å². The molecule has 122 valence electrons. The largest absolute Gasteiger partial charge is 0.285 e. The molecule has 0 aliphatic carbocycles. The standard InChI is InChI=1S/C18H13N5OS/c1-9-13(7-11-3-5-12(8-19)6-4-11)10(2)20-18-14(9)15-16(25-18)17(24)22-23-21-15/h3-6H,7H2,1-2H3,(H,21,22,24). The molecule has 4 aromatic rings. The van der Waals surface area contributed by atoms with Crippen molar-refractivity contribution in [1.29, 1.82) is 5.26 Å². The number of aryl methyl sites for hydroxylation is 2. The first kappa shape index (κ1) is 15.4. The predicted octanol–water partition coefficient (Wildman–Crippen LogP) is 3.01. The summed E-state index contributed by atoms with van der Waals surface area (Å²) in [6.45, 7) is 4.01. The fourth-order valence-corrected chi connectivity index (χ4v) is 4.16. The quantitative estimate of drug-likeness (QED) is 0.601. The Morgan fingerprint density at radius 3 is 2.72 bits per heavy atom. The molecule has 0 aliphatic rings. The highest BCUT2D eigenvalue weighted by Gasteiger charge is 2.17. The second-order valence-electron chi connectivity index (χ2n) is 5.89. The topological polar surface area (TPSA) is 95.3 Å². The van der Waals surface area contributed by atoms with Crippen LogP contribution in [-0.4, -0.2) is 20.4 Å². The lowest BCUT2D eigenvalue weighted by atomic mass is 9.97. The molecular formula is C18H13N5OS. The average molecular weight is 347 g/mol. The van der Waals surface area contributed by atoms with E-state index in [1.165, 1.54) is 11.3 Å². The number of nitrogens with one attached hydrogen (secondary N) is 1. The van der Waals surface area contributed by atoms with Gasteiger partial charge in [0.05, 0.1) is 11.6 Å². The van der Waals surface area contributed by atoms with E-state index in [1.54, 1.807) is 0 Å². The fraction of sp³-hybridized carbons (Fsp3) is 0.167. The van der Waals surface area contributed by atoms with Gasteiger partial charge in [0.15, 0.2) is 0 Å². The Morgan fingerprint density at radius 1 is 1.24 bits per heavy atom. The van der Waals surface area contributed by atoms with Gasteiger partial charge in [-0.1, -0.05) is 17.3 Å². The molecule has 0 aliphatic heterocycles. The zero-order valence-corrected chi connectivity index (χ0v) is 14.4. The van der Waals surface area contributed by atoms with Crippen molar-refractivity contribution in [3.8, 4) is 6.07 Å². The fourth-order valence-electron chi connectivity index (χ4n) is 3.05. The third-order valence-electron chi connectivity index (χ3n) is 4.37. The highest BCUT2D eigenvalue weighted by Crippen LogP contribution is 2.34. The smallest absolute Gasteiger partial charge is 0.266 e. The van der Waals surface area contributed by atoms with Gasteiger partial charge in [0.25, 0.3) is 5.56 Å². The van der Waals surface area contributed by atoms with Crippen LogP contribution in [0, 0.1) is 25.2 Å². The molecule has 0 amide bonds. The number of H-pyrrole nitrogens is 1. The molecule has 4 rings (SSSR count).